The van der Waals surface area contributed by atoms with Gasteiger partial charge in [0.1, 0.15) is 0 Å². The van der Waals surface area contributed by atoms with Gasteiger partial charge in [0.2, 0.25) is 5.91 Å². The average molecular weight is 155 g/mol. The highest BCUT2D eigenvalue weighted by atomic mass is 16.3. The first kappa shape index (κ1) is 8.27. The van der Waals surface area contributed by atoms with Crippen LogP contribution in [0.4, 0.5) is 0 Å². The van der Waals surface area contributed by atoms with E-state index in [1.54, 1.807) is 0 Å². The summed E-state index contributed by atoms with van der Waals surface area (Å²) in [5.41, 5.74) is 0.892. The van der Waals surface area contributed by atoms with Gasteiger partial charge in [0.05, 0.1) is 0 Å². The summed E-state index contributed by atoms with van der Waals surface area (Å²) in [6.07, 6.45) is 4.51. The molecule has 1 rings (SSSR count). The molecule has 0 saturated carbocycles. The maximum Gasteiger partial charge on any atom is 0.246 e. The predicted octanol–water partition coefficient (Wildman–Crippen LogP) is 0.205. The van der Waals surface area contributed by atoms with Gasteiger partial charge < -0.3 is 10.4 Å². The molecule has 62 valence electrons. The lowest BCUT2D eigenvalue weighted by Crippen LogP contribution is -2.28. The molecular weight excluding hydrogens is 142 g/mol. The van der Waals surface area contributed by atoms with Crippen LogP contribution < -0.4 is 5.32 Å². The molecule has 1 aliphatic carbocycles. The number of carbonyl (C=O) groups excluding carboxylic acids is 1. The molecule has 11 heavy (non-hydrogen) atoms. The smallest absolute Gasteiger partial charge is 0.246 e. The van der Waals surface area contributed by atoms with E-state index in [0.29, 0.717) is 13.0 Å². The van der Waals surface area contributed by atoms with Crippen molar-refractivity contribution in [3.8, 4) is 0 Å². The fraction of sp³-hybridized carbons (Fsp3) is 0.625. The first-order valence-electron chi connectivity index (χ1n) is 3.92. The van der Waals surface area contributed by atoms with Crippen molar-refractivity contribution in [2.24, 2.45) is 0 Å². The highest BCUT2D eigenvalue weighted by Gasteiger charge is 2.13. The van der Waals surface area contributed by atoms with Crippen LogP contribution in [0.5, 0.6) is 0 Å². The molecule has 0 unspecified atom stereocenters. The van der Waals surface area contributed by atoms with Crippen molar-refractivity contribution >= 4 is 5.91 Å². The van der Waals surface area contributed by atoms with E-state index in [1.165, 1.54) is 0 Å². The van der Waals surface area contributed by atoms with E-state index in [1.807, 2.05) is 6.08 Å². The minimum absolute atomic E-state index is 0.0321. The number of amides is 1. The van der Waals surface area contributed by atoms with Crippen molar-refractivity contribution in [1.29, 1.82) is 0 Å². The quantitative estimate of drug-likeness (QED) is 0.570. The lowest BCUT2D eigenvalue weighted by molar-refractivity contribution is -0.117. The molecule has 0 aromatic heterocycles. The fourth-order valence-corrected chi connectivity index (χ4v) is 0.889. The lowest BCUT2D eigenvalue weighted by atomic mass is 9.98. The van der Waals surface area contributed by atoms with Crippen molar-refractivity contribution < 1.29 is 9.90 Å². The third-order valence-corrected chi connectivity index (χ3v) is 1.72. The van der Waals surface area contributed by atoms with Crippen LogP contribution in [0, 0.1) is 0 Å². The Morgan fingerprint density at radius 3 is 2.91 bits per heavy atom. The van der Waals surface area contributed by atoms with Crippen LogP contribution in [0.3, 0.4) is 0 Å². The van der Waals surface area contributed by atoms with Crippen LogP contribution in [0.25, 0.3) is 0 Å². The number of carbonyl (C=O) groups is 1. The number of allylic oxidation sites excluding steroid dienone is 1. The van der Waals surface area contributed by atoms with Crippen molar-refractivity contribution in [3.05, 3.63) is 11.6 Å². The van der Waals surface area contributed by atoms with Crippen molar-refractivity contribution in [2.45, 2.75) is 19.3 Å². The van der Waals surface area contributed by atoms with Crippen molar-refractivity contribution in [2.75, 3.05) is 13.2 Å². The maximum atomic E-state index is 11.0. The standard InChI is InChI=1S/C8H13NO2/c10-6-2-5-9-8(11)7-3-1-4-7/h3,10H,1-2,4-6H2,(H,9,11). The summed E-state index contributed by atoms with van der Waals surface area (Å²) in [5, 5.41) is 11.1. The zero-order chi connectivity index (χ0) is 8.10. The zero-order valence-corrected chi connectivity index (χ0v) is 6.47. The second kappa shape index (κ2) is 4.13. The topological polar surface area (TPSA) is 49.3 Å². The summed E-state index contributed by atoms with van der Waals surface area (Å²) >= 11 is 0. The van der Waals surface area contributed by atoms with Gasteiger partial charge in [-0.2, -0.15) is 0 Å². The van der Waals surface area contributed by atoms with E-state index in [2.05, 4.69) is 5.32 Å². The Kier molecular flexibility index (Phi) is 3.11. The molecule has 0 heterocycles. The van der Waals surface area contributed by atoms with Crippen LogP contribution in [0.1, 0.15) is 19.3 Å². The summed E-state index contributed by atoms with van der Waals surface area (Å²) in [6, 6.07) is 0. The highest BCUT2D eigenvalue weighted by molar-refractivity contribution is 5.94. The van der Waals surface area contributed by atoms with Crippen LogP contribution in [0.15, 0.2) is 11.6 Å². The number of aliphatic hydroxyl groups excluding tert-OH is 1. The van der Waals surface area contributed by atoms with Gasteiger partial charge >= 0.3 is 0 Å². The van der Waals surface area contributed by atoms with Crippen LogP contribution in [-0.2, 0) is 4.79 Å². The van der Waals surface area contributed by atoms with E-state index in [0.717, 1.165) is 18.4 Å². The van der Waals surface area contributed by atoms with Crippen molar-refractivity contribution in [3.63, 3.8) is 0 Å². The van der Waals surface area contributed by atoms with Gasteiger partial charge in [-0.25, -0.2) is 0 Å². The SMILES string of the molecule is O=C(NCCCO)C1=CCC1. The Bertz CT molecular complexity index is 175. The number of aliphatic hydroxyl groups is 1. The minimum Gasteiger partial charge on any atom is -0.396 e. The van der Waals surface area contributed by atoms with Crippen LogP contribution >= 0.6 is 0 Å². The number of nitrogens with one attached hydrogen (secondary N) is 1. The molecule has 0 aliphatic heterocycles. The molecule has 3 nitrogen and oxygen atoms in total. The second-order valence-electron chi connectivity index (χ2n) is 2.60. The number of rotatable bonds is 4. The van der Waals surface area contributed by atoms with Crippen LogP contribution in [0.2, 0.25) is 0 Å². The van der Waals surface area contributed by atoms with E-state index in [4.69, 9.17) is 5.11 Å². The molecule has 0 atom stereocenters. The molecular formula is C8H13NO2. The van der Waals surface area contributed by atoms with Gasteiger partial charge in [0.25, 0.3) is 0 Å². The number of hydrogen-bond donors (Lipinski definition) is 2. The van der Waals surface area contributed by atoms with E-state index in [9.17, 15) is 4.79 Å². The second-order valence-corrected chi connectivity index (χ2v) is 2.60. The molecule has 3 heteroatoms. The molecule has 0 saturated heterocycles. The largest absolute Gasteiger partial charge is 0.396 e. The summed E-state index contributed by atoms with van der Waals surface area (Å²) in [4.78, 5) is 11.0. The van der Waals surface area contributed by atoms with Crippen LogP contribution in [-0.4, -0.2) is 24.2 Å². The van der Waals surface area contributed by atoms with Gasteiger partial charge in [-0.3, -0.25) is 4.79 Å². The third-order valence-electron chi connectivity index (χ3n) is 1.72. The van der Waals surface area contributed by atoms with Gasteiger partial charge in [-0.05, 0) is 19.3 Å². The number of hydrogen-bond acceptors (Lipinski definition) is 2. The summed E-state index contributed by atoms with van der Waals surface area (Å²) in [6.45, 7) is 0.714. The Hall–Kier alpha value is -0.830. The highest BCUT2D eigenvalue weighted by Crippen LogP contribution is 2.17. The fourth-order valence-electron chi connectivity index (χ4n) is 0.889. The Morgan fingerprint density at radius 1 is 1.73 bits per heavy atom. The Balaban J connectivity index is 2.11. The Morgan fingerprint density at radius 2 is 2.45 bits per heavy atom. The third kappa shape index (κ3) is 2.35. The minimum atomic E-state index is 0.0321. The van der Waals surface area contributed by atoms with Gasteiger partial charge in [0.15, 0.2) is 0 Å². The van der Waals surface area contributed by atoms with E-state index < -0.39 is 0 Å². The summed E-state index contributed by atoms with van der Waals surface area (Å²) in [5.74, 6) is 0.0321. The van der Waals surface area contributed by atoms with Gasteiger partial charge in [-0.1, -0.05) is 6.08 Å². The molecule has 0 aromatic carbocycles. The molecule has 0 fully saturated rings. The normalized spacial score (nSPS) is 15.2. The van der Waals surface area contributed by atoms with Crippen molar-refractivity contribution in [1.82, 2.24) is 5.32 Å². The lowest BCUT2D eigenvalue weighted by Gasteiger charge is -2.13. The monoisotopic (exact) mass is 155 g/mol. The molecule has 1 aliphatic rings. The summed E-state index contributed by atoms with van der Waals surface area (Å²) in [7, 11) is 0. The zero-order valence-electron chi connectivity index (χ0n) is 6.47. The molecule has 0 radical (unpaired) electrons. The maximum absolute atomic E-state index is 11.0. The molecule has 0 aromatic rings. The van der Waals surface area contributed by atoms with Gasteiger partial charge in [0, 0.05) is 18.7 Å². The average Bonchev–Trinajstić information content (AvgIpc) is 1.84. The molecule has 2 N–H and O–H groups in total. The molecule has 1 amide bonds. The summed E-state index contributed by atoms with van der Waals surface area (Å²) < 4.78 is 0. The van der Waals surface area contributed by atoms with E-state index in [-0.39, 0.29) is 12.5 Å². The molecule has 0 spiro atoms. The molecule has 0 bridgehead atoms. The Labute approximate surface area is 66.1 Å². The first-order valence-corrected chi connectivity index (χ1v) is 3.92. The van der Waals surface area contributed by atoms with Gasteiger partial charge in [-0.15, -0.1) is 0 Å². The predicted molar refractivity (Wildman–Crippen MR) is 42.0 cm³/mol. The first-order chi connectivity index (χ1) is 5.34. The van der Waals surface area contributed by atoms with E-state index >= 15 is 0 Å².